The lowest BCUT2D eigenvalue weighted by Crippen LogP contribution is -2.29. The van der Waals surface area contributed by atoms with Gasteiger partial charge in [0.05, 0.1) is 0 Å². The molecule has 0 heterocycles. The summed E-state index contributed by atoms with van der Waals surface area (Å²) in [5.41, 5.74) is 11.4. The molecule has 0 nitrogen and oxygen atoms in total. The Hall–Kier alpha value is -1.56. The predicted octanol–water partition coefficient (Wildman–Crippen LogP) is 10.3. The van der Waals surface area contributed by atoms with Gasteiger partial charge < -0.3 is 0 Å². The Bertz CT molecular complexity index is 1010. The normalized spacial score (nSPS) is 13.9. The minimum Gasteiger partial charge on any atom is -0.0617 e. The zero-order chi connectivity index (χ0) is 27.2. The van der Waals surface area contributed by atoms with Gasteiger partial charge in [0.2, 0.25) is 0 Å². The van der Waals surface area contributed by atoms with E-state index in [2.05, 4.69) is 134 Å². The van der Waals surface area contributed by atoms with Gasteiger partial charge in [-0.25, -0.2) is 0 Å². The van der Waals surface area contributed by atoms with Gasteiger partial charge in [-0.05, 0) is 85.3 Å². The molecule has 0 aliphatic carbocycles. The molecule has 0 fully saturated rings. The number of hydrogen-bond acceptors (Lipinski definition) is 0. The molecule has 0 spiro atoms. The molecule has 0 heteroatoms. The van der Waals surface area contributed by atoms with E-state index in [4.69, 9.17) is 0 Å². The monoisotopic (exact) mass is 476 g/mol. The van der Waals surface area contributed by atoms with Gasteiger partial charge in [-0.2, -0.15) is 0 Å². The van der Waals surface area contributed by atoms with Crippen LogP contribution in [-0.2, 0) is 39.9 Å². The molecule has 0 saturated heterocycles. The minimum absolute atomic E-state index is 0.113. The SMILES string of the molecule is CC(C)(C)c1cccc(CCCc2ccc(C(C)(C)C)c(C(C)(C)C)c2C(C)(C)C)c1C(C)(C)C. The van der Waals surface area contributed by atoms with Crippen LogP contribution in [0.3, 0.4) is 0 Å². The topological polar surface area (TPSA) is 0 Å². The molecule has 0 unspecified atom stereocenters. The van der Waals surface area contributed by atoms with Crippen molar-refractivity contribution in [2.24, 2.45) is 0 Å². The molecular formula is C35H56. The lowest BCUT2D eigenvalue weighted by Gasteiger charge is -2.38. The van der Waals surface area contributed by atoms with Crippen LogP contribution in [0.4, 0.5) is 0 Å². The Morgan fingerprint density at radius 1 is 0.400 bits per heavy atom. The molecule has 0 aromatic heterocycles. The van der Waals surface area contributed by atoms with Crippen LogP contribution >= 0.6 is 0 Å². The minimum atomic E-state index is 0.113. The molecule has 0 atom stereocenters. The summed E-state index contributed by atoms with van der Waals surface area (Å²) in [4.78, 5) is 0. The molecule has 0 aliphatic rings. The summed E-state index contributed by atoms with van der Waals surface area (Å²) in [7, 11) is 0. The van der Waals surface area contributed by atoms with Crippen molar-refractivity contribution >= 4 is 0 Å². The van der Waals surface area contributed by atoms with Crippen LogP contribution in [0.1, 0.15) is 149 Å². The first kappa shape index (κ1) is 29.7. The van der Waals surface area contributed by atoms with Crippen LogP contribution < -0.4 is 0 Å². The maximum Gasteiger partial charge on any atom is -0.0126 e. The Labute approximate surface area is 219 Å². The van der Waals surface area contributed by atoms with Gasteiger partial charge >= 0.3 is 0 Å². The first-order chi connectivity index (χ1) is 15.6. The Morgan fingerprint density at radius 3 is 1.20 bits per heavy atom. The fraction of sp³-hybridized carbons (Fsp3) is 0.657. The fourth-order valence-electron chi connectivity index (χ4n) is 5.90. The van der Waals surface area contributed by atoms with Crippen molar-refractivity contribution in [3.8, 4) is 0 Å². The first-order valence-corrected chi connectivity index (χ1v) is 13.9. The highest BCUT2D eigenvalue weighted by molar-refractivity contribution is 5.51. The second-order valence-corrected chi connectivity index (χ2v) is 16.0. The Balaban J connectivity index is 2.55. The highest BCUT2D eigenvalue weighted by Crippen LogP contribution is 2.43. The van der Waals surface area contributed by atoms with Crippen molar-refractivity contribution in [2.75, 3.05) is 0 Å². The molecule has 2 aromatic rings. The number of benzene rings is 2. The van der Waals surface area contributed by atoms with E-state index in [0.29, 0.717) is 0 Å². The summed E-state index contributed by atoms with van der Waals surface area (Å²) in [6.45, 7) is 35.6. The summed E-state index contributed by atoms with van der Waals surface area (Å²) >= 11 is 0. The Kier molecular flexibility index (Phi) is 8.24. The third kappa shape index (κ3) is 7.02. The third-order valence-corrected chi connectivity index (χ3v) is 7.20. The van der Waals surface area contributed by atoms with E-state index in [1.165, 1.54) is 23.1 Å². The molecule has 35 heavy (non-hydrogen) atoms. The number of aryl methyl sites for hydroxylation is 2. The lowest BCUT2D eigenvalue weighted by atomic mass is 9.67. The zero-order valence-corrected chi connectivity index (χ0v) is 26.0. The molecule has 2 rings (SSSR count). The van der Waals surface area contributed by atoms with Gasteiger partial charge in [-0.15, -0.1) is 0 Å². The highest BCUT2D eigenvalue weighted by Gasteiger charge is 2.33. The molecule has 0 amide bonds. The highest BCUT2D eigenvalue weighted by atomic mass is 14.4. The maximum absolute atomic E-state index is 2.45. The molecule has 0 saturated carbocycles. The van der Waals surface area contributed by atoms with Gasteiger partial charge in [0.15, 0.2) is 0 Å². The molecule has 0 bridgehead atoms. The lowest BCUT2D eigenvalue weighted by molar-refractivity contribution is 0.493. The second kappa shape index (κ2) is 9.72. The maximum atomic E-state index is 2.45. The molecule has 0 N–H and O–H groups in total. The van der Waals surface area contributed by atoms with E-state index < -0.39 is 0 Å². The van der Waals surface area contributed by atoms with Crippen LogP contribution in [0.5, 0.6) is 0 Å². The van der Waals surface area contributed by atoms with Crippen molar-refractivity contribution in [1.29, 1.82) is 0 Å². The van der Waals surface area contributed by atoms with Crippen LogP contribution in [0.15, 0.2) is 30.3 Å². The summed E-state index contributed by atoms with van der Waals surface area (Å²) in [5.74, 6) is 0. The van der Waals surface area contributed by atoms with Gasteiger partial charge in [0, 0.05) is 0 Å². The smallest absolute Gasteiger partial charge is 0.0126 e. The van der Waals surface area contributed by atoms with Gasteiger partial charge in [-0.1, -0.05) is 134 Å². The number of hydrogen-bond donors (Lipinski definition) is 0. The molecule has 0 aliphatic heterocycles. The predicted molar refractivity (Wildman–Crippen MR) is 158 cm³/mol. The van der Waals surface area contributed by atoms with Crippen molar-refractivity contribution < 1.29 is 0 Å². The van der Waals surface area contributed by atoms with E-state index in [-0.39, 0.29) is 27.1 Å². The van der Waals surface area contributed by atoms with Crippen LogP contribution in [0.25, 0.3) is 0 Å². The van der Waals surface area contributed by atoms with Crippen molar-refractivity contribution in [3.05, 3.63) is 69.3 Å². The summed E-state index contributed by atoms with van der Waals surface area (Å²) in [6, 6.07) is 11.9. The average Bonchev–Trinajstić information content (AvgIpc) is 2.63. The van der Waals surface area contributed by atoms with Gasteiger partial charge in [0.1, 0.15) is 0 Å². The van der Waals surface area contributed by atoms with E-state index in [1.807, 2.05) is 0 Å². The second-order valence-electron chi connectivity index (χ2n) is 16.0. The standard InChI is InChI=1S/C35H56/c1-31(2,3)26-21-17-20-24(28(26)33(7,8)9)18-16-19-25-22-23-27(32(4,5)6)30(35(13,14)15)29(25)34(10,11)12/h17,20-23H,16,18-19H2,1-15H3. The van der Waals surface area contributed by atoms with E-state index in [0.717, 1.165) is 12.8 Å². The molecule has 196 valence electrons. The van der Waals surface area contributed by atoms with Crippen molar-refractivity contribution in [2.45, 2.75) is 150 Å². The van der Waals surface area contributed by atoms with Crippen molar-refractivity contribution in [1.82, 2.24) is 0 Å². The molecule has 0 radical (unpaired) electrons. The summed E-state index contributed by atoms with van der Waals surface area (Å²) in [5, 5.41) is 0. The van der Waals surface area contributed by atoms with Crippen LogP contribution in [-0.4, -0.2) is 0 Å². The van der Waals surface area contributed by atoms with Crippen molar-refractivity contribution in [3.63, 3.8) is 0 Å². The third-order valence-electron chi connectivity index (χ3n) is 7.20. The molecular weight excluding hydrogens is 420 g/mol. The largest absolute Gasteiger partial charge is 0.0617 e. The van der Waals surface area contributed by atoms with Gasteiger partial charge in [-0.3, -0.25) is 0 Å². The van der Waals surface area contributed by atoms with Gasteiger partial charge in [0.25, 0.3) is 0 Å². The van der Waals surface area contributed by atoms with E-state index in [9.17, 15) is 0 Å². The van der Waals surface area contributed by atoms with Crippen LogP contribution in [0.2, 0.25) is 0 Å². The van der Waals surface area contributed by atoms with E-state index in [1.54, 1.807) is 22.3 Å². The summed E-state index contributed by atoms with van der Waals surface area (Å²) < 4.78 is 0. The Morgan fingerprint density at radius 2 is 0.800 bits per heavy atom. The van der Waals surface area contributed by atoms with E-state index >= 15 is 0 Å². The average molecular weight is 477 g/mol. The summed E-state index contributed by atoms with van der Waals surface area (Å²) in [6.07, 6.45) is 3.44. The van der Waals surface area contributed by atoms with Crippen LogP contribution in [0, 0.1) is 0 Å². The fourth-order valence-corrected chi connectivity index (χ4v) is 5.90. The first-order valence-electron chi connectivity index (χ1n) is 13.9. The zero-order valence-electron chi connectivity index (χ0n) is 26.0. The molecule has 2 aromatic carbocycles. The quantitative estimate of drug-likeness (QED) is 0.411. The number of rotatable bonds is 4.